The van der Waals surface area contributed by atoms with Gasteiger partial charge in [0.05, 0.1) is 0 Å². The number of carbonyl (C=O) groups excluding carboxylic acids is 2. The average molecular weight is 614 g/mol. The maximum absolute atomic E-state index is 13.8. The van der Waals surface area contributed by atoms with Crippen molar-refractivity contribution in [3.8, 4) is 0 Å². The smallest absolute Gasteiger partial charge is 0.243 e. The van der Waals surface area contributed by atoms with Crippen LogP contribution in [0.25, 0.3) is 0 Å². The molecule has 3 aromatic carbocycles. The zero-order chi connectivity index (χ0) is 26.7. The van der Waals surface area contributed by atoms with Crippen molar-refractivity contribution in [3.63, 3.8) is 0 Å². The van der Waals surface area contributed by atoms with Gasteiger partial charge in [0.25, 0.3) is 0 Å². The van der Waals surface area contributed by atoms with Crippen molar-refractivity contribution in [2.75, 3.05) is 5.75 Å². The fourth-order valence-electron chi connectivity index (χ4n) is 4.86. The fourth-order valence-corrected chi connectivity index (χ4v) is 6.27. The molecule has 0 spiro atoms. The molecule has 1 atom stereocenters. The molecule has 0 radical (unpaired) electrons. The van der Waals surface area contributed by atoms with Gasteiger partial charge in [0, 0.05) is 45.6 Å². The largest absolute Gasteiger partial charge is 0.352 e. The van der Waals surface area contributed by atoms with Gasteiger partial charge in [0.2, 0.25) is 11.8 Å². The number of carbonyl (C=O) groups is 2. The molecule has 1 aliphatic rings. The molecule has 38 heavy (non-hydrogen) atoms. The molecule has 1 fully saturated rings. The van der Waals surface area contributed by atoms with E-state index in [0.717, 1.165) is 46.2 Å². The van der Waals surface area contributed by atoms with Crippen molar-refractivity contribution >= 4 is 51.1 Å². The van der Waals surface area contributed by atoms with Crippen molar-refractivity contribution in [3.05, 3.63) is 99.5 Å². The van der Waals surface area contributed by atoms with Crippen molar-refractivity contribution in [1.29, 1.82) is 0 Å². The summed E-state index contributed by atoms with van der Waals surface area (Å²) in [7, 11) is 0. The lowest BCUT2D eigenvalue weighted by molar-refractivity contribution is -0.141. The van der Waals surface area contributed by atoms with Crippen LogP contribution in [0.2, 0.25) is 5.02 Å². The Balaban J connectivity index is 1.56. The number of rotatable bonds is 11. The molecule has 1 aliphatic carbocycles. The molecule has 4 rings (SSSR count). The highest BCUT2D eigenvalue weighted by Crippen LogP contribution is 2.24. The van der Waals surface area contributed by atoms with Crippen LogP contribution < -0.4 is 5.32 Å². The van der Waals surface area contributed by atoms with Crippen LogP contribution in [0.1, 0.15) is 49.7 Å². The number of nitrogens with one attached hydrogen (secondary N) is 1. The first kappa shape index (κ1) is 28.7. The molecular weight excluding hydrogens is 580 g/mol. The normalized spacial score (nSPS) is 14.6. The summed E-state index contributed by atoms with van der Waals surface area (Å²) in [6.45, 7) is 0.374. The van der Waals surface area contributed by atoms with E-state index in [2.05, 4.69) is 21.2 Å². The van der Waals surface area contributed by atoms with Gasteiger partial charge in [-0.3, -0.25) is 9.59 Å². The summed E-state index contributed by atoms with van der Waals surface area (Å²) in [5, 5.41) is 3.99. The Labute approximate surface area is 243 Å². The molecule has 200 valence electrons. The van der Waals surface area contributed by atoms with Gasteiger partial charge >= 0.3 is 0 Å². The van der Waals surface area contributed by atoms with Crippen LogP contribution in [0.5, 0.6) is 0 Å². The minimum Gasteiger partial charge on any atom is -0.352 e. The van der Waals surface area contributed by atoms with E-state index in [1.807, 2.05) is 78.9 Å². The number of amides is 2. The maximum Gasteiger partial charge on any atom is 0.243 e. The second kappa shape index (κ2) is 14.8. The third-order valence-corrected chi connectivity index (χ3v) is 8.62. The highest BCUT2D eigenvalue weighted by molar-refractivity contribution is 9.10. The highest BCUT2D eigenvalue weighted by Gasteiger charge is 2.31. The topological polar surface area (TPSA) is 49.4 Å². The molecule has 1 saturated carbocycles. The van der Waals surface area contributed by atoms with E-state index in [4.69, 9.17) is 11.6 Å². The third kappa shape index (κ3) is 8.89. The number of thioether (sulfide) groups is 1. The van der Waals surface area contributed by atoms with Crippen LogP contribution in [0.15, 0.2) is 88.2 Å². The molecule has 0 saturated heterocycles. The Bertz CT molecular complexity index is 1190. The standard InChI is InChI=1S/C31H34BrClN2O2S/c32-25-11-7-10-24(20-25)22-35(30(36)18-19-38-28-16-14-26(33)15-17-28)29(21-23-8-3-1-4-9-23)31(37)34-27-12-5-2-6-13-27/h1,3-4,7-11,14-17,20,27,29H,2,5-6,12-13,18-19,21-22H2,(H,34,37). The second-order valence-electron chi connectivity index (χ2n) is 9.75. The number of nitrogens with zero attached hydrogens (tertiary/aromatic N) is 1. The monoisotopic (exact) mass is 612 g/mol. The summed E-state index contributed by atoms with van der Waals surface area (Å²) in [6.07, 6.45) is 6.31. The molecular formula is C31H34BrClN2O2S. The van der Waals surface area contributed by atoms with Crippen molar-refractivity contribution in [2.45, 2.75) is 68.5 Å². The number of benzene rings is 3. The van der Waals surface area contributed by atoms with E-state index >= 15 is 0 Å². The van der Waals surface area contributed by atoms with Crippen molar-refractivity contribution in [1.82, 2.24) is 10.2 Å². The maximum atomic E-state index is 13.8. The van der Waals surface area contributed by atoms with Crippen molar-refractivity contribution < 1.29 is 9.59 Å². The second-order valence-corrected chi connectivity index (χ2v) is 12.3. The summed E-state index contributed by atoms with van der Waals surface area (Å²) in [6, 6.07) is 25.2. The van der Waals surface area contributed by atoms with Crippen LogP contribution in [0.3, 0.4) is 0 Å². The predicted octanol–water partition coefficient (Wildman–Crippen LogP) is 7.67. The molecule has 1 unspecified atom stereocenters. The third-order valence-electron chi connectivity index (χ3n) is 6.86. The van der Waals surface area contributed by atoms with E-state index in [1.54, 1.807) is 16.7 Å². The summed E-state index contributed by atoms with van der Waals surface area (Å²) >= 11 is 11.2. The lowest BCUT2D eigenvalue weighted by atomic mass is 9.94. The number of halogens is 2. The molecule has 0 aromatic heterocycles. The Morgan fingerprint density at radius 3 is 2.37 bits per heavy atom. The minimum absolute atomic E-state index is 0.0221. The summed E-state index contributed by atoms with van der Waals surface area (Å²) in [5.74, 6) is 0.540. The van der Waals surface area contributed by atoms with E-state index in [1.165, 1.54) is 6.42 Å². The Morgan fingerprint density at radius 1 is 0.947 bits per heavy atom. The van der Waals surface area contributed by atoms with Gasteiger partial charge in [0.1, 0.15) is 6.04 Å². The summed E-state index contributed by atoms with van der Waals surface area (Å²) in [5.41, 5.74) is 2.03. The van der Waals surface area contributed by atoms with E-state index in [-0.39, 0.29) is 17.9 Å². The average Bonchev–Trinajstić information content (AvgIpc) is 2.93. The zero-order valence-corrected chi connectivity index (χ0v) is 24.6. The SMILES string of the molecule is O=C(NC1CCCCC1)C(Cc1ccccc1)N(Cc1cccc(Br)c1)C(=O)CCSc1ccc(Cl)cc1. The van der Waals surface area contributed by atoms with Crippen LogP contribution in [0.4, 0.5) is 0 Å². The molecule has 0 bridgehead atoms. The first-order valence-corrected chi connectivity index (χ1v) is 15.4. The van der Waals surface area contributed by atoms with Gasteiger partial charge < -0.3 is 10.2 Å². The molecule has 4 nitrogen and oxygen atoms in total. The van der Waals surface area contributed by atoms with Crippen LogP contribution in [-0.2, 0) is 22.6 Å². The quantitative estimate of drug-likeness (QED) is 0.226. The molecule has 0 heterocycles. The van der Waals surface area contributed by atoms with Gasteiger partial charge in [-0.25, -0.2) is 0 Å². The van der Waals surface area contributed by atoms with Crippen LogP contribution >= 0.6 is 39.3 Å². The van der Waals surface area contributed by atoms with Gasteiger partial charge in [-0.05, 0) is 60.4 Å². The first-order chi connectivity index (χ1) is 18.5. The summed E-state index contributed by atoms with van der Waals surface area (Å²) < 4.78 is 0.951. The van der Waals surface area contributed by atoms with Crippen LogP contribution in [-0.4, -0.2) is 34.6 Å². The zero-order valence-electron chi connectivity index (χ0n) is 21.5. The fraction of sp³-hybridized carbons (Fsp3) is 0.355. The molecule has 3 aromatic rings. The molecule has 1 N–H and O–H groups in total. The first-order valence-electron chi connectivity index (χ1n) is 13.2. The van der Waals surface area contributed by atoms with E-state index < -0.39 is 6.04 Å². The predicted molar refractivity (Wildman–Crippen MR) is 160 cm³/mol. The Morgan fingerprint density at radius 2 is 1.66 bits per heavy atom. The molecule has 2 amide bonds. The van der Waals surface area contributed by atoms with Gasteiger partial charge in [-0.15, -0.1) is 11.8 Å². The van der Waals surface area contributed by atoms with Gasteiger partial charge in [0.15, 0.2) is 0 Å². The van der Waals surface area contributed by atoms with E-state index in [0.29, 0.717) is 30.2 Å². The Hall–Kier alpha value is -2.28. The summed E-state index contributed by atoms with van der Waals surface area (Å²) in [4.78, 5) is 30.5. The number of hydrogen-bond donors (Lipinski definition) is 1. The number of hydrogen-bond acceptors (Lipinski definition) is 3. The van der Waals surface area contributed by atoms with Crippen LogP contribution in [0, 0.1) is 0 Å². The van der Waals surface area contributed by atoms with E-state index in [9.17, 15) is 9.59 Å². The van der Waals surface area contributed by atoms with Gasteiger partial charge in [-0.1, -0.05) is 89.3 Å². The molecule has 0 aliphatic heterocycles. The highest BCUT2D eigenvalue weighted by atomic mass is 79.9. The minimum atomic E-state index is -0.591. The Kier molecular flexibility index (Phi) is 11.2. The van der Waals surface area contributed by atoms with Crippen molar-refractivity contribution in [2.24, 2.45) is 0 Å². The lowest BCUT2D eigenvalue weighted by Crippen LogP contribution is -2.52. The molecule has 7 heteroatoms. The van der Waals surface area contributed by atoms with Gasteiger partial charge in [-0.2, -0.15) is 0 Å². The lowest BCUT2D eigenvalue weighted by Gasteiger charge is -2.33.